The SMILES string of the molecule is COC(=O)NC(=O)C[NH+]1CCCCCCC1. The maximum Gasteiger partial charge on any atom is 0.413 e. The largest absolute Gasteiger partial charge is 0.453 e. The predicted octanol–water partition coefficient (Wildman–Crippen LogP) is -0.282. The average Bonchev–Trinajstić information content (AvgIpc) is 2.21. The Balaban J connectivity index is 2.27. The lowest BCUT2D eigenvalue weighted by atomic mass is 10.1. The van der Waals surface area contributed by atoms with E-state index in [9.17, 15) is 9.59 Å². The normalized spacial score (nSPS) is 18.3. The third-order valence-electron chi connectivity index (χ3n) is 2.90. The Morgan fingerprint density at radius 2 is 1.69 bits per heavy atom. The molecule has 2 amide bonds. The van der Waals surface area contributed by atoms with Gasteiger partial charge in [0.2, 0.25) is 0 Å². The van der Waals surface area contributed by atoms with Gasteiger partial charge in [0, 0.05) is 0 Å². The van der Waals surface area contributed by atoms with Gasteiger partial charge in [-0.2, -0.15) is 0 Å². The number of amides is 2. The molecule has 1 heterocycles. The zero-order chi connectivity index (χ0) is 11.8. The number of hydrogen-bond acceptors (Lipinski definition) is 3. The second-order valence-electron chi connectivity index (χ2n) is 4.23. The summed E-state index contributed by atoms with van der Waals surface area (Å²) in [5, 5.41) is 2.19. The summed E-state index contributed by atoms with van der Waals surface area (Å²) >= 11 is 0. The van der Waals surface area contributed by atoms with Crippen molar-refractivity contribution < 1.29 is 19.2 Å². The summed E-state index contributed by atoms with van der Waals surface area (Å²) in [4.78, 5) is 23.5. The van der Waals surface area contributed by atoms with Gasteiger partial charge >= 0.3 is 6.09 Å². The predicted molar refractivity (Wildman–Crippen MR) is 59.2 cm³/mol. The van der Waals surface area contributed by atoms with Gasteiger partial charge in [-0.15, -0.1) is 0 Å². The molecule has 0 aliphatic carbocycles. The van der Waals surface area contributed by atoms with Crippen LogP contribution in [0.1, 0.15) is 32.1 Å². The first-order valence-electron chi connectivity index (χ1n) is 5.93. The maximum absolute atomic E-state index is 11.4. The van der Waals surface area contributed by atoms with E-state index in [1.807, 2.05) is 0 Å². The zero-order valence-electron chi connectivity index (χ0n) is 9.88. The van der Waals surface area contributed by atoms with Gasteiger partial charge in [0.15, 0.2) is 6.54 Å². The topological polar surface area (TPSA) is 59.8 Å². The van der Waals surface area contributed by atoms with Crippen LogP contribution in [-0.4, -0.2) is 38.7 Å². The number of alkyl carbamates (subject to hydrolysis) is 1. The summed E-state index contributed by atoms with van der Waals surface area (Å²) in [6.45, 7) is 2.41. The zero-order valence-corrected chi connectivity index (χ0v) is 9.88. The summed E-state index contributed by atoms with van der Waals surface area (Å²) in [6.07, 6.45) is 5.48. The van der Waals surface area contributed by atoms with Crippen LogP contribution >= 0.6 is 0 Å². The Morgan fingerprint density at radius 3 is 2.25 bits per heavy atom. The Morgan fingerprint density at radius 1 is 1.12 bits per heavy atom. The van der Waals surface area contributed by atoms with E-state index >= 15 is 0 Å². The Kier molecular flexibility index (Phi) is 5.85. The molecule has 0 bridgehead atoms. The van der Waals surface area contributed by atoms with Crippen molar-refractivity contribution in [1.29, 1.82) is 0 Å². The smallest absolute Gasteiger partial charge is 0.413 e. The summed E-state index contributed by atoms with van der Waals surface area (Å²) < 4.78 is 4.37. The third kappa shape index (κ3) is 5.11. The third-order valence-corrected chi connectivity index (χ3v) is 2.90. The minimum Gasteiger partial charge on any atom is -0.453 e. The van der Waals surface area contributed by atoms with Gasteiger partial charge in [0.1, 0.15) is 0 Å². The monoisotopic (exact) mass is 229 g/mol. The molecular weight excluding hydrogens is 208 g/mol. The molecule has 0 spiro atoms. The van der Waals surface area contributed by atoms with Crippen LogP contribution in [0.4, 0.5) is 4.79 Å². The van der Waals surface area contributed by atoms with Gasteiger partial charge in [0.05, 0.1) is 20.2 Å². The molecule has 1 rings (SSSR count). The van der Waals surface area contributed by atoms with Crippen LogP contribution in [0.15, 0.2) is 0 Å². The van der Waals surface area contributed by atoms with E-state index < -0.39 is 6.09 Å². The van der Waals surface area contributed by atoms with Crippen molar-refractivity contribution in [3.8, 4) is 0 Å². The molecule has 0 aromatic carbocycles. The number of rotatable bonds is 2. The molecular formula is C11H21N2O3+. The molecule has 2 N–H and O–H groups in total. The van der Waals surface area contributed by atoms with Crippen LogP contribution < -0.4 is 10.2 Å². The van der Waals surface area contributed by atoms with E-state index in [4.69, 9.17) is 0 Å². The highest BCUT2D eigenvalue weighted by Crippen LogP contribution is 2.02. The molecule has 1 aliphatic heterocycles. The Labute approximate surface area is 96.1 Å². The lowest BCUT2D eigenvalue weighted by Crippen LogP contribution is -3.13. The van der Waals surface area contributed by atoms with Gasteiger partial charge in [-0.1, -0.05) is 6.42 Å². The van der Waals surface area contributed by atoms with Crippen molar-refractivity contribution >= 4 is 12.0 Å². The highest BCUT2D eigenvalue weighted by atomic mass is 16.5. The van der Waals surface area contributed by atoms with Crippen LogP contribution in [-0.2, 0) is 9.53 Å². The van der Waals surface area contributed by atoms with E-state index in [1.54, 1.807) is 0 Å². The van der Waals surface area contributed by atoms with Crippen molar-refractivity contribution in [1.82, 2.24) is 5.32 Å². The number of hydrogen-bond donors (Lipinski definition) is 2. The second kappa shape index (κ2) is 7.22. The lowest BCUT2D eigenvalue weighted by Gasteiger charge is -2.20. The van der Waals surface area contributed by atoms with Crippen LogP contribution in [0.5, 0.6) is 0 Å². The molecule has 0 aromatic heterocycles. The van der Waals surface area contributed by atoms with E-state index in [-0.39, 0.29) is 5.91 Å². The van der Waals surface area contributed by atoms with Crippen molar-refractivity contribution in [2.24, 2.45) is 0 Å². The Hall–Kier alpha value is -1.10. The van der Waals surface area contributed by atoms with Crippen LogP contribution in [0.3, 0.4) is 0 Å². The number of methoxy groups -OCH3 is 1. The van der Waals surface area contributed by atoms with Crippen molar-refractivity contribution in [3.63, 3.8) is 0 Å². The quantitative estimate of drug-likeness (QED) is 0.684. The lowest BCUT2D eigenvalue weighted by molar-refractivity contribution is -0.893. The van der Waals surface area contributed by atoms with Gasteiger partial charge < -0.3 is 9.64 Å². The molecule has 16 heavy (non-hydrogen) atoms. The summed E-state index contributed by atoms with van der Waals surface area (Å²) in [5.74, 6) is -0.248. The van der Waals surface area contributed by atoms with Crippen molar-refractivity contribution in [2.45, 2.75) is 32.1 Å². The minimum atomic E-state index is -0.670. The molecule has 0 atom stereocenters. The molecule has 0 saturated carbocycles. The van der Waals surface area contributed by atoms with Gasteiger partial charge in [0.25, 0.3) is 5.91 Å². The van der Waals surface area contributed by atoms with E-state index in [0.29, 0.717) is 6.54 Å². The fourth-order valence-corrected chi connectivity index (χ4v) is 2.02. The molecule has 0 radical (unpaired) electrons. The first kappa shape index (κ1) is 13.0. The number of likely N-dealkylation sites (tertiary alicyclic amines) is 1. The highest BCUT2D eigenvalue weighted by molar-refractivity contribution is 5.92. The highest BCUT2D eigenvalue weighted by Gasteiger charge is 2.17. The van der Waals surface area contributed by atoms with Crippen LogP contribution in [0.2, 0.25) is 0 Å². The molecule has 1 saturated heterocycles. The van der Waals surface area contributed by atoms with E-state index in [0.717, 1.165) is 13.1 Å². The molecule has 92 valence electrons. The summed E-state index contributed by atoms with van der Waals surface area (Å²) in [5.41, 5.74) is 0. The number of carbonyl (C=O) groups excluding carboxylic acids is 2. The van der Waals surface area contributed by atoms with Gasteiger partial charge in [-0.05, 0) is 25.7 Å². The fourth-order valence-electron chi connectivity index (χ4n) is 2.02. The first-order valence-corrected chi connectivity index (χ1v) is 5.93. The molecule has 0 aromatic rings. The fraction of sp³-hybridized carbons (Fsp3) is 0.818. The summed E-state index contributed by atoms with van der Waals surface area (Å²) in [7, 11) is 1.26. The minimum absolute atomic E-state index is 0.248. The molecule has 1 fully saturated rings. The standard InChI is InChI=1S/C11H20N2O3/c1-16-11(15)12-10(14)9-13-7-5-3-2-4-6-8-13/h2-9H2,1H3,(H,12,14,15)/p+1. The van der Waals surface area contributed by atoms with Gasteiger partial charge in [-0.25, -0.2) is 4.79 Å². The number of imide groups is 1. The number of ether oxygens (including phenoxy) is 1. The Bertz CT molecular complexity index is 235. The molecule has 5 nitrogen and oxygen atoms in total. The average molecular weight is 229 g/mol. The molecule has 0 unspecified atom stereocenters. The summed E-state index contributed by atoms with van der Waals surface area (Å²) in [6, 6.07) is 0. The van der Waals surface area contributed by atoms with Crippen molar-refractivity contribution in [3.05, 3.63) is 0 Å². The van der Waals surface area contributed by atoms with E-state index in [1.165, 1.54) is 44.1 Å². The van der Waals surface area contributed by atoms with Crippen molar-refractivity contribution in [2.75, 3.05) is 26.7 Å². The second-order valence-corrected chi connectivity index (χ2v) is 4.23. The van der Waals surface area contributed by atoms with Crippen LogP contribution in [0, 0.1) is 0 Å². The van der Waals surface area contributed by atoms with Gasteiger partial charge in [-0.3, -0.25) is 10.1 Å². The number of carbonyl (C=O) groups is 2. The maximum atomic E-state index is 11.4. The number of nitrogens with one attached hydrogen (secondary N) is 2. The molecule has 1 aliphatic rings. The molecule has 5 heteroatoms. The number of quaternary nitrogens is 1. The van der Waals surface area contributed by atoms with E-state index in [2.05, 4.69) is 10.1 Å². The van der Waals surface area contributed by atoms with Crippen LogP contribution in [0.25, 0.3) is 0 Å². The first-order chi connectivity index (χ1) is 7.72.